The van der Waals surface area contributed by atoms with Crippen LogP contribution in [0.5, 0.6) is 0 Å². The summed E-state index contributed by atoms with van der Waals surface area (Å²) in [7, 11) is 0. The zero-order chi connectivity index (χ0) is 21.7. The predicted molar refractivity (Wildman–Crippen MR) is 128 cm³/mol. The van der Waals surface area contributed by atoms with E-state index in [1.165, 1.54) is 44.9 Å². The van der Waals surface area contributed by atoms with Crippen molar-refractivity contribution in [3.63, 3.8) is 0 Å². The molecule has 1 N–H and O–H groups in total. The van der Waals surface area contributed by atoms with Crippen LogP contribution in [0.2, 0.25) is 0 Å². The van der Waals surface area contributed by atoms with Crippen molar-refractivity contribution in [3.05, 3.63) is 23.8 Å². The highest BCUT2D eigenvalue weighted by molar-refractivity contribution is 5.25. The molecule has 0 aromatic carbocycles. The fourth-order valence-electron chi connectivity index (χ4n) is 8.87. The molecule has 4 aliphatic carbocycles. The Labute approximate surface area is 186 Å². The molecule has 170 valence electrons. The van der Waals surface area contributed by atoms with Crippen LogP contribution < -0.4 is 0 Å². The lowest BCUT2D eigenvalue weighted by Crippen LogP contribution is -2.50. The predicted octanol–water partition coefficient (Wildman–Crippen LogP) is 7.80. The molecule has 0 bridgehead atoms. The second-order valence-electron chi connectivity index (χ2n) is 12.7. The molecule has 4 aliphatic rings. The van der Waals surface area contributed by atoms with Gasteiger partial charge >= 0.3 is 0 Å². The van der Waals surface area contributed by atoms with Crippen molar-refractivity contribution in [2.75, 3.05) is 0 Å². The Hall–Kier alpha value is -0.560. The monoisotopic (exact) mass is 412 g/mol. The van der Waals surface area contributed by atoms with Crippen LogP contribution in [0, 0.1) is 52.3 Å². The molecule has 0 spiro atoms. The van der Waals surface area contributed by atoms with Gasteiger partial charge in [-0.25, -0.2) is 0 Å². The van der Waals surface area contributed by atoms with E-state index in [1.807, 2.05) is 0 Å². The second-order valence-corrected chi connectivity index (χ2v) is 12.7. The summed E-state index contributed by atoms with van der Waals surface area (Å²) in [6.45, 7) is 14.8. The highest BCUT2D eigenvalue weighted by Crippen LogP contribution is 2.67. The molecule has 1 heteroatoms. The second kappa shape index (κ2) is 8.42. The molecular weight excluding hydrogens is 364 g/mol. The maximum absolute atomic E-state index is 10.2. The van der Waals surface area contributed by atoms with Gasteiger partial charge in [-0.15, -0.1) is 0 Å². The highest BCUT2D eigenvalue weighted by Gasteiger charge is 2.58. The van der Waals surface area contributed by atoms with E-state index in [2.05, 4.69) is 59.8 Å². The number of aliphatic hydroxyl groups is 1. The SMILES string of the molecule is CC(C)CC(C)/C=C/C(C)C1CCC2C3CC=C4C[C@@H](O)CC[C@]4(C)C3CC[C@]12C. The summed E-state index contributed by atoms with van der Waals surface area (Å²) in [4.78, 5) is 0. The van der Waals surface area contributed by atoms with Crippen LogP contribution in [0.25, 0.3) is 0 Å². The van der Waals surface area contributed by atoms with Crippen molar-refractivity contribution in [1.29, 1.82) is 0 Å². The first kappa shape index (κ1) is 22.6. The van der Waals surface area contributed by atoms with Gasteiger partial charge in [0.15, 0.2) is 0 Å². The van der Waals surface area contributed by atoms with Crippen LogP contribution >= 0.6 is 0 Å². The third-order valence-electron chi connectivity index (χ3n) is 10.4. The van der Waals surface area contributed by atoms with Gasteiger partial charge in [0.2, 0.25) is 0 Å². The summed E-state index contributed by atoms with van der Waals surface area (Å²) in [6, 6.07) is 0. The first-order valence-corrected chi connectivity index (χ1v) is 13.2. The molecule has 0 aromatic rings. The summed E-state index contributed by atoms with van der Waals surface area (Å²) < 4.78 is 0. The molecule has 0 radical (unpaired) electrons. The Morgan fingerprint density at radius 3 is 2.50 bits per heavy atom. The van der Waals surface area contributed by atoms with Gasteiger partial charge in [-0.2, -0.15) is 0 Å². The van der Waals surface area contributed by atoms with E-state index in [4.69, 9.17) is 0 Å². The van der Waals surface area contributed by atoms with Gasteiger partial charge < -0.3 is 5.11 Å². The molecule has 0 amide bonds. The fraction of sp³-hybridized carbons (Fsp3) is 0.862. The van der Waals surface area contributed by atoms with Crippen LogP contribution in [0.15, 0.2) is 23.8 Å². The molecule has 1 nitrogen and oxygen atoms in total. The van der Waals surface area contributed by atoms with Crippen molar-refractivity contribution in [3.8, 4) is 0 Å². The molecule has 4 rings (SSSR count). The quantitative estimate of drug-likeness (QED) is 0.457. The molecule has 9 atom stereocenters. The van der Waals surface area contributed by atoms with Gasteiger partial charge in [-0.3, -0.25) is 0 Å². The summed E-state index contributed by atoms with van der Waals surface area (Å²) in [5.74, 6) is 5.71. The standard InChI is InChI=1S/C29H48O/c1-19(2)17-20(3)7-8-21(4)25-11-12-26-24-10-9-22-18-23(30)13-15-28(22,5)27(24)14-16-29(25,26)6/h7-9,19-21,23-27,30H,10-18H2,1-6H3/b8-7+/t20?,21?,23-,24?,25?,26?,27?,28-,29+/m0/s1. The van der Waals surface area contributed by atoms with Crippen LogP contribution in [0.3, 0.4) is 0 Å². The number of hydrogen-bond donors (Lipinski definition) is 1. The number of hydrogen-bond acceptors (Lipinski definition) is 1. The smallest absolute Gasteiger partial charge is 0.0577 e. The average molecular weight is 413 g/mol. The number of allylic oxidation sites excluding steroid dienone is 3. The largest absolute Gasteiger partial charge is 0.393 e. The van der Waals surface area contributed by atoms with E-state index < -0.39 is 0 Å². The van der Waals surface area contributed by atoms with Gasteiger partial charge in [-0.05, 0) is 110 Å². The molecule has 0 saturated heterocycles. The first-order valence-electron chi connectivity index (χ1n) is 13.2. The van der Waals surface area contributed by atoms with Gasteiger partial charge in [0.05, 0.1) is 6.10 Å². The van der Waals surface area contributed by atoms with Gasteiger partial charge in [0.25, 0.3) is 0 Å². The highest BCUT2D eigenvalue weighted by atomic mass is 16.3. The van der Waals surface area contributed by atoms with E-state index in [1.54, 1.807) is 5.57 Å². The van der Waals surface area contributed by atoms with Crippen LogP contribution in [-0.4, -0.2) is 11.2 Å². The van der Waals surface area contributed by atoms with Crippen molar-refractivity contribution in [2.45, 2.75) is 105 Å². The molecule has 6 unspecified atom stereocenters. The maximum atomic E-state index is 10.2. The zero-order valence-corrected chi connectivity index (χ0v) is 20.7. The molecule has 0 aliphatic heterocycles. The third-order valence-corrected chi connectivity index (χ3v) is 10.4. The molecule has 0 aromatic heterocycles. The Morgan fingerprint density at radius 1 is 1.00 bits per heavy atom. The Balaban J connectivity index is 1.49. The van der Waals surface area contributed by atoms with Gasteiger partial charge in [-0.1, -0.05) is 65.3 Å². The lowest BCUT2D eigenvalue weighted by Gasteiger charge is -2.58. The van der Waals surface area contributed by atoms with E-state index in [9.17, 15) is 5.11 Å². The van der Waals surface area contributed by atoms with Gasteiger partial charge in [0, 0.05) is 0 Å². The molecule has 3 saturated carbocycles. The van der Waals surface area contributed by atoms with Crippen molar-refractivity contribution in [2.24, 2.45) is 52.3 Å². The van der Waals surface area contributed by atoms with Crippen LogP contribution in [0.4, 0.5) is 0 Å². The molecular formula is C29H48O. The number of fused-ring (bicyclic) bond motifs is 5. The molecule has 0 heterocycles. The Bertz CT molecular complexity index is 674. The van der Waals surface area contributed by atoms with E-state index >= 15 is 0 Å². The Kier molecular flexibility index (Phi) is 6.35. The Morgan fingerprint density at radius 2 is 1.77 bits per heavy atom. The van der Waals surface area contributed by atoms with Crippen molar-refractivity contribution < 1.29 is 5.11 Å². The minimum atomic E-state index is -0.0867. The van der Waals surface area contributed by atoms with Crippen LogP contribution in [-0.2, 0) is 0 Å². The lowest BCUT2D eigenvalue weighted by atomic mass is 9.47. The van der Waals surface area contributed by atoms with Crippen LogP contribution in [0.1, 0.15) is 99.3 Å². The normalized spacial score (nSPS) is 45.6. The molecule has 30 heavy (non-hydrogen) atoms. The third kappa shape index (κ3) is 3.87. The summed E-state index contributed by atoms with van der Waals surface area (Å²) >= 11 is 0. The summed E-state index contributed by atoms with van der Waals surface area (Å²) in [5.41, 5.74) is 2.51. The maximum Gasteiger partial charge on any atom is 0.0577 e. The lowest BCUT2D eigenvalue weighted by molar-refractivity contribution is -0.0540. The van der Waals surface area contributed by atoms with Crippen molar-refractivity contribution in [1.82, 2.24) is 0 Å². The topological polar surface area (TPSA) is 20.2 Å². The van der Waals surface area contributed by atoms with Crippen molar-refractivity contribution >= 4 is 0 Å². The summed E-state index contributed by atoms with van der Waals surface area (Å²) in [6.07, 6.45) is 19.1. The average Bonchev–Trinajstić information content (AvgIpc) is 3.03. The van der Waals surface area contributed by atoms with Gasteiger partial charge in [0.1, 0.15) is 0 Å². The van der Waals surface area contributed by atoms with E-state index in [0.29, 0.717) is 22.7 Å². The van der Waals surface area contributed by atoms with E-state index in [0.717, 1.165) is 42.4 Å². The molecule has 3 fully saturated rings. The first-order chi connectivity index (χ1) is 14.1. The number of rotatable bonds is 5. The fourth-order valence-corrected chi connectivity index (χ4v) is 8.87. The minimum absolute atomic E-state index is 0.0867. The minimum Gasteiger partial charge on any atom is -0.393 e. The summed E-state index contributed by atoms with van der Waals surface area (Å²) in [5, 5.41) is 10.2. The number of aliphatic hydroxyl groups excluding tert-OH is 1. The zero-order valence-electron chi connectivity index (χ0n) is 20.7. The van der Waals surface area contributed by atoms with E-state index in [-0.39, 0.29) is 6.10 Å².